The number of carbonyl (C=O) groups excluding carboxylic acids is 2. The lowest BCUT2D eigenvalue weighted by Crippen LogP contribution is -2.53. The number of benzene rings is 1. The summed E-state index contributed by atoms with van der Waals surface area (Å²) in [6, 6.07) is 6.45. The largest absolute Gasteiger partial charge is 0.387 e. The highest BCUT2D eigenvalue weighted by Gasteiger charge is 2.54. The minimum atomic E-state index is -0.714. The van der Waals surface area contributed by atoms with Crippen LogP contribution in [0.25, 0.3) is 0 Å². The first-order chi connectivity index (χ1) is 10.6. The van der Waals surface area contributed by atoms with Gasteiger partial charge in [-0.15, -0.1) is 0 Å². The Bertz CT molecular complexity index is 593. The molecule has 1 aliphatic heterocycles. The third kappa shape index (κ3) is 2.47. The summed E-state index contributed by atoms with van der Waals surface area (Å²) in [5.74, 6) is -0.696. The third-order valence-electron chi connectivity index (χ3n) is 4.60. The maximum Gasteiger partial charge on any atom is 0.248 e. The van der Waals surface area contributed by atoms with E-state index in [1.165, 1.54) is 6.07 Å². The van der Waals surface area contributed by atoms with Gasteiger partial charge in [-0.2, -0.15) is 0 Å². The molecule has 22 heavy (non-hydrogen) atoms. The second-order valence-corrected chi connectivity index (χ2v) is 5.89. The van der Waals surface area contributed by atoms with Crippen LogP contribution in [0.5, 0.6) is 0 Å². The molecule has 6 heteroatoms. The van der Waals surface area contributed by atoms with Crippen molar-refractivity contribution in [3.8, 4) is 0 Å². The predicted molar refractivity (Wildman–Crippen MR) is 77.6 cm³/mol. The quantitative estimate of drug-likeness (QED) is 0.886. The fourth-order valence-corrected chi connectivity index (χ4v) is 3.13. The standard InChI is InChI=1S/C16H19FN2O3/c17-13-4-2-1-3-12(13)16(5-6-16)15(22)19-9-7-18(8-10-19)14(21)11-20/h1-4,20H,5-11H2. The van der Waals surface area contributed by atoms with E-state index in [-0.39, 0.29) is 17.6 Å². The second-order valence-electron chi connectivity index (χ2n) is 5.89. The number of aliphatic hydroxyl groups excluding tert-OH is 1. The van der Waals surface area contributed by atoms with Crippen molar-refractivity contribution in [2.24, 2.45) is 0 Å². The van der Waals surface area contributed by atoms with Crippen molar-refractivity contribution in [1.82, 2.24) is 9.80 Å². The van der Waals surface area contributed by atoms with E-state index >= 15 is 0 Å². The summed E-state index contributed by atoms with van der Waals surface area (Å²) in [5.41, 5.74) is -0.233. The van der Waals surface area contributed by atoms with Gasteiger partial charge in [-0.25, -0.2) is 4.39 Å². The zero-order valence-electron chi connectivity index (χ0n) is 12.3. The van der Waals surface area contributed by atoms with E-state index in [1.54, 1.807) is 28.0 Å². The smallest absolute Gasteiger partial charge is 0.248 e. The van der Waals surface area contributed by atoms with E-state index in [1.807, 2.05) is 0 Å². The van der Waals surface area contributed by atoms with E-state index in [2.05, 4.69) is 0 Å². The molecule has 2 fully saturated rings. The molecule has 0 spiro atoms. The molecule has 118 valence electrons. The van der Waals surface area contributed by atoms with Crippen LogP contribution in [0.4, 0.5) is 4.39 Å². The average molecular weight is 306 g/mol. The Morgan fingerprint density at radius 1 is 1.09 bits per heavy atom. The summed E-state index contributed by atoms with van der Waals surface area (Å²) < 4.78 is 14.0. The van der Waals surface area contributed by atoms with Crippen LogP contribution in [-0.4, -0.2) is 59.5 Å². The average Bonchev–Trinajstić information content (AvgIpc) is 3.35. The van der Waals surface area contributed by atoms with Crippen LogP contribution in [0.1, 0.15) is 18.4 Å². The molecule has 0 unspecified atom stereocenters. The fraction of sp³-hybridized carbons (Fsp3) is 0.500. The topological polar surface area (TPSA) is 60.9 Å². The molecule has 1 aromatic rings. The molecule has 1 saturated carbocycles. The van der Waals surface area contributed by atoms with Crippen molar-refractivity contribution < 1.29 is 19.1 Å². The van der Waals surface area contributed by atoms with Crippen molar-refractivity contribution in [3.05, 3.63) is 35.6 Å². The predicted octanol–water partition coefficient (Wildman–Crippen LogP) is 0.520. The highest BCUT2D eigenvalue weighted by molar-refractivity contribution is 5.91. The molecule has 1 aromatic carbocycles. The Balaban J connectivity index is 1.71. The van der Waals surface area contributed by atoms with E-state index in [4.69, 9.17) is 5.11 Å². The number of hydrogen-bond acceptors (Lipinski definition) is 3. The van der Waals surface area contributed by atoms with E-state index in [0.29, 0.717) is 44.6 Å². The summed E-state index contributed by atoms with van der Waals surface area (Å²) in [4.78, 5) is 27.5. The Morgan fingerprint density at radius 2 is 1.68 bits per heavy atom. The van der Waals surface area contributed by atoms with Gasteiger partial charge in [-0.05, 0) is 18.9 Å². The molecule has 3 rings (SSSR count). The number of hydrogen-bond donors (Lipinski definition) is 1. The Labute approximate surface area is 128 Å². The Kier molecular flexibility index (Phi) is 3.87. The van der Waals surface area contributed by atoms with Crippen molar-refractivity contribution in [2.45, 2.75) is 18.3 Å². The van der Waals surface area contributed by atoms with E-state index < -0.39 is 12.0 Å². The number of halogens is 1. The van der Waals surface area contributed by atoms with Crippen LogP contribution < -0.4 is 0 Å². The minimum Gasteiger partial charge on any atom is -0.387 e. The van der Waals surface area contributed by atoms with Crippen molar-refractivity contribution in [1.29, 1.82) is 0 Å². The van der Waals surface area contributed by atoms with Crippen LogP contribution in [0, 0.1) is 5.82 Å². The number of carbonyl (C=O) groups is 2. The van der Waals surface area contributed by atoms with Gasteiger partial charge in [0.15, 0.2) is 0 Å². The van der Waals surface area contributed by atoms with E-state index in [9.17, 15) is 14.0 Å². The highest BCUT2D eigenvalue weighted by atomic mass is 19.1. The lowest BCUT2D eigenvalue weighted by molar-refractivity contribution is -0.142. The molecule has 1 N–H and O–H groups in total. The lowest BCUT2D eigenvalue weighted by atomic mass is 9.93. The molecular weight excluding hydrogens is 287 g/mol. The number of amides is 2. The molecule has 5 nitrogen and oxygen atoms in total. The van der Waals surface area contributed by atoms with Gasteiger partial charge in [0.1, 0.15) is 12.4 Å². The number of rotatable bonds is 3. The van der Waals surface area contributed by atoms with Gasteiger partial charge in [0.2, 0.25) is 11.8 Å². The summed E-state index contributed by atoms with van der Waals surface area (Å²) in [5, 5.41) is 8.87. The Hall–Kier alpha value is -1.95. The zero-order chi connectivity index (χ0) is 15.7. The first kappa shape index (κ1) is 15.0. The second kappa shape index (κ2) is 5.68. The van der Waals surface area contributed by atoms with Gasteiger partial charge >= 0.3 is 0 Å². The first-order valence-corrected chi connectivity index (χ1v) is 7.51. The van der Waals surface area contributed by atoms with Gasteiger partial charge in [0, 0.05) is 31.7 Å². The van der Waals surface area contributed by atoms with Crippen LogP contribution in [0.2, 0.25) is 0 Å². The SMILES string of the molecule is O=C(CO)N1CCN(C(=O)C2(c3ccccc3F)CC2)CC1. The summed E-state index contributed by atoms with van der Waals surface area (Å²) in [7, 11) is 0. The molecule has 1 heterocycles. The molecule has 0 bridgehead atoms. The van der Waals surface area contributed by atoms with Gasteiger partial charge in [0.25, 0.3) is 0 Å². The molecule has 2 amide bonds. The van der Waals surface area contributed by atoms with E-state index in [0.717, 1.165) is 0 Å². The van der Waals surface area contributed by atoms with Gasteiger partial charge < -0.3 is 14.9 Å². The van der Waals surface area contributed by atoms with Crippen LogP contribution in [0.3, 0.4) is 0 Å². The molecule has 0 atom stereocenters. The van der Waals surface area contributed by atoms with Gasteiger partial charge in [-0.1, -0.05) is 18.2 Å². The monoisotopic (exact) mass is 306 g/mol. The maximum absolute atomic E-state index is 14.0. The minimum absolute atomic E-state index is 0.0475. The van der Waals surface area contributed by atoms with Crippen LogP contribution in [0.15, 0.2) is 24.3 Å². The Morgan fingerprint density at radius 3 is 2.23 bits per heavy atom. The normalized spacial score (nSPS) is 19.9. The summed E-state index contributed by atoms with van der Waals surface area (Å²) in [6.07, 6.45) is 1.34. The van der Waals surface area contributed by atoms with Crippen LogP contribution in [-0.2, 0) is 15.0 Å². The summed E-state index contributed by atoms with van der Waals surface area (Å²) in [6.45, 7) is 1.19. The highest BCUT2D eigenvalue weighted by Crippen LogP contribution is 2.50. The zero-order valence-corrected chi connectivity index (χ0v) is 12.3. The molecule has 1 aliphatic carbocycles. The van der Waals surface area contributed by atoms with Gasteiger partial charge in [-0.3, -0.25) is 9.59 Å². The molecular formula is C16H19FN2O3. The van der Waals surface area contributed by atoms with Crippen molar-refractivity contribution >= 4 is 11.8 Å². The fourth-order valence-electron chi connectivity index (χ4n) is 3.13. The van der Waals surface area contributed by atoms with Gasteiger partial charge in [0.05, 0.1) is 5.41 Å². The lowest BCUT2D eigenvalue weighted by Gasteiger charge is -2.36. The molecule has 2 aliphatic rings. The van der Waals surface area contributed by atoms with Crippen LogP contribution >= 0.6 is 0 Å². The molecule has 0 aromatic heterocycles. The molecule has 1 saturated heterocycles. The molecule has 0 radical (unpaired) electrons. The van der Waals surface area contributed by atoms with Crippen molar-refractivity contribution in [2.75, 3.05) is 32.8 Å². The number of aliphatic hydroxyl groups is 1. The first-order valence-electron chi connectivity index (χ1n) is 7.51. The number of nitrogens with zero attached hydrogens (tertiary/aromatic N) is 2. The number of piperazine rings is 1. The maximum atomic E-state index is 14.0. The summed E-state index contributed by atoms with van der Waals surface area (Å²) >= 11 is 0. The third-order valence-corrected chi connectivity index (χ3v) is 4.60. The van der Waals surface area contributed by atoms with Crippen molar-refractivity contribution in [3.63, 3.8) is 0 Å².